The van der Waals surface area contributed by atoms with E-state index in [1.807, 2.05) is 6.08 Å². The molecular weight excluding hydrogens is 176 g/mol. The van der Waals surface area contributed by atoms with Gasteiger partial charge in [0.15, 0.2) is 0 Å². The molecule has 1 aliphatic heterocycles. The fourth-order valence-corrected chi connectivity index (χ4v) is 1.63. The molecule has 1 fully saturated rings. The average Bonchev–Trinajstić information content (AvgIpc) is 2.95. The number of rotatable bonds is 3. The highest BCUT2D eigenvalue weighted by Crippen LogP contribution is 2.44. The Morgan fingerprint density at radius 3 is 3.00 bits per heavy atom. The second kappa shape index (κ2) is 3.73. The van der Waals surface area contributed by atoms with Gasteiger partial charge in [0, 0.05) is 18.7 Å². The molecule has 78 valence electrons. The molecule has 3 heteroatoms. The van der Waals surface area contributed by atoms with Crippen molar-refractivity contribution in [1.29, 1.82) is 0 Å². The first-order valence-corrected chi connectivity index (χ1v) is 5.38. The maximum atomic E-state index is 11.7. The van der Waals surface area contributed by atoms with Crippen LogP contribution in [0.25, 0.3) is 0 Å². The third-order valence-corrected chi connectivity index (χ3v) is 3.13. The van der Waals surface area contributed by atoms with Crippen LogP contribution < -0.4 is 10.6 Å². The first-order valence-electron chi connectivity index (χ1n) is 5.38. The first kappa shape index (κ1) is 9.71. The number of carbonyl (C=O) groups is 1. The molecule has 0 radical (unpaired) electrons. The van der Waals surface area contributed by atoms with Gasteiger partial charge in [-0.1, -0.05) is 13.0 Å². The van der Waals surface area contributed by atoms with Crippen molar-refractivity contribution in [2.45, 2.75) is 26.2 Å². The molecule has 0 spiro atoms. The molecule has 0 aromatic heterocycles. The monoisotopic (exact) mass is 194 g/mol. The number of amides is 1. The third kappa shape index (κ3) is 2.35. The van der Waals surface area contributed by atoms with E-state index in [2.05, 4.69) is 17.6 Å². The summed E-state index contributed by atoms with van der Waals surface area (Å²) in [7, 11) is 0. The molecule has 1 heterocycles. The van der Waals surface area contributed by atoms with E-state index in [0.717, 1.165) is 31.6 Å². The number of carbonyl (C=O) groups excluding carboxylic acids is 1. The maximum absolute atomic E-state index is 11.7. The van der Waals surface area contributed by atoms with Crippen molar-refractivity contribution in [1.82, 2.24) is 10.6 Å². The summed E-state index contributed by atoms with van der Waals surface area (Å²) in [4.78, 5) is 11.7. The van der Waals surface area contributed by atoms with E-state index in [4.69, 9.17) is 0 Å². The van der Waals surface area contributed by atoms with Gasteiger partial charge in [-0.3, -0.25) is 4.79 Å². The highest BCUT2D eigenvalue weighted by Gasteiger charge is 2.37. The molecule has 0 bridgehead atoms. The Morgan fingerprint density at radius 1 is 1.64 bits per heavy atom. The summed E-state index contributed by atoms with van der Waals surface area (Å²) in [6, 6.07) is 0. The SMILES string of the molecule is CC1(CNC(=O)C2=CCNCC2)CC1. The van der Waals surface area contributed by atoms with Crippen LogP contribution in [-0.4, -0.2) is 25.5 Å². The Labute approximate surface area is 84.9 Å². The van der Waals surface area contributed by atoms with Gasteiger partial charge in [-0.25, -0.2) is 0 Å². The van der Waals surface area contributed by atoms with E-state index in [9.17, 15) is 4.79 Å². The van der Waals surface area contributed by atoms with Gasteiger partial charge in [-0.15, -0.1) is 0 Å². The number of hydrogen-bond acceptors (Lipinski definition) is 2. The normalized spacial score (nSPS) is 23.9. The van der Waals surface area contributed by atoms with Crippen LogP contribution in [0.1, 0.15) is 26.2 Å². The molecule has 2 rings (SSSR count). The minimum atomic E-state index is 0.139. The van der Waals surface area contributed by atoms with Gasteiger partial charge in [-0.05, 0) is 31.2 Å². The van der Waals surface area contributed by atoms with E-state index < -0.39 is 0 Å². The molecule has 2 aliphatic rings. The zero-order valence-electron chi connectivity index (χ0n) is 8.73. The largest absolute Gasteiger partial charge is 0.352 e. The smallest absolute Gasteiger partial charge is 0.246 e. The molecule has 0 aromatic rings. The lowest BCUT2D eigenvalue weighted by Gasteiger charge is -2.15. The van der Waals surface area contributed by atoms with Gasteiger partial charge < -0.3 is 10.6 Å². The minimum absolute atomic E-state index is 0.139. The molecule has 0 atom stereocenters. The van der Waals surface area contributed by atoms with Crippen molar-refractivity contribution in [3.05, 3.63) is 11.6 Å². The van der Waals surface area contributed by atoms with Crippen molar-refractivity contribution < 1.29 is 4.79 Å². The van der Waals surface area contributed by atoms with Crippen LogP contribution in [0.2, 0.25) is 0 Å². The predicted molar refractivity (Wildman–Crippen MR) is 55.9 cm³/mol. The van der Waals surface area contributed by atoms with Crippen LogP contribution >= 0.6 is 0 Å². The van der Waals surface area contributed by atoms with Crippen LogP contribution in [-0.2, 0) is 4.79 Å². The summed E-state index contributed by atoms with van der Waals surface area (Å²) >= 11 is 0. The van der Waals surface area contributed by atoms with Gasteiger partial charge >= 0.3 is 0 Å². The lowest BCUT2D eigenvalue weighted by molar-refractivity contribution is -0.117. The Bertz CT molecular complexity index is 266. The van der Waals surface area contributed by atoms with Gasteiger partial charge in [0.25, 0.3) is 0 Å². The Kier molecular flexibility index (Phi) is 2.59. The topological polar surface area (TPSA) is 41.1 Å². The van der Waals surface area contributed by atoms with Crippen LogP contribution in [0.3, 0.4) is 0 Å². The van der Waals surface area contributed by atoms with Crippen molar-refractivity contribution in [3.63, 3.8) is 0 Å². The Balaban J connectivity index is 1.79. The van der Waals surface area contributed by atoms with Gasteiger partial charge in [0.1, 0.15) is 0 Å². The molecule has 3 nitrogen and oxygen atoms in total. The van der Waals surface area contributed by atoms with E-state index in [1.54, 1.807) is 0 Å². The molecule has 1 amide bonds. The molecular formula is C11H18N2O. The summed E-state index contributed by atoms with van der Waals surface area (Å²) in [5, 5.41) is 6.22. The lowest BCUT2D eigenvalue weighted by Crippen LogP contribution is -2.33. The molecule has 0 unspecified atom stereocenters. The third-order valence-electron chi connectivity index (χ3n) is 3.13. The second-order valence-electron chi connectivity index (χ2n) is 4.68. The molecule has 1 aliphatic carbocycles. The van der Waals surface area contributed by atoms with Gasteiger partial charge in [-0.2, -0.15) is 0 Å². The van der Waals surface area contributed by atoms with Crippen LogP contribution in [0.4, 0.5) is 0 Å². The van der Waals surface area contributed by atoms with Crippen molar-refractivity contribution in [3.8, 4) is 0 Å². The van der Waals surface area contributed by atoms with Crippen molar-refractivity contribution >= 4 is 5.91 Å². The molecule has 0 saturated heterocycles. The van der Waals surface area contributed by atoms with E-state index in [-0.39, 0.29) is 5.91 Å². The Morgan fingerprint density at radius 2 is 2.43 bits per heavy atom. The van der Waals surface area contributed by atoms with Gasteiger partial charge in [0.05, 0.1) is 0 Å². The molecule has 1 saturated carbocycles. The maximum Gasteiger partial charge on any atom is 0.246 e. The quantitative estimate of drug-likeness (QED) is 0.698. The van der Waals surface area contributed by atoms with Crippen LogP contribution in [0.5, 0.6) is 0 Å². The summed E-state index contributed by atoms with van der Waals surface area (Å²) < 4.78 is 0. The van der Waals surface area contributed by atoms with Gasteiger partial charge in [0.2, 0.25) is 5.91 Å². The fourth-order valence-electron chi connectivity index (χ4n) is 1.63. The zero-order valence-corrected chi connectivity index (χ0v) is 8.73. The van der Waals surface area contributed by atoms with E-state index in [0.29, 0.717) is 5.41 Å². The molecule has 2 N–H and O–H groups in total. The van der Waals surface area contributed by atoms with E-state index in [1.165, 1.54) is 12.8 Å². The number of hydrogen-bond donors (Lipinski definition) is 2. The predicted octanol–water partition coefficient (Wildman–Crippen LogP) is 0.822. The highest BCUT2D eigenvalue weighted by molar-refractivity contribution is 5.93. The standard InChI is InChI=1S/C11H18N2O/c1-11(4-5-11)8-13-10(14)9-2-6-12-7-3-9/h2,12H,3-8H2,1H3,(H,13,14). The van der Waals surface area contributed by atoms with Crippen molar-refractivity contribution in [2.24, 2.45) is 5.41 Å². The lowest BCUT2D eigenvalue weighted by atomic mass is 10.1. The first-order chi connectivity index (χ1) is 6.70. The van der Waals surface area contributed by atoms with Crippen LogP contribution in [0.15, 0.2) is 11.6 Å². The van der Waals surface area contributed by atoms with E-state index >= 15 is 0 Å². The Hall–Kier alpha value is -0.830. The molecule has 14 heavy (non-hydrogen) atoms. The summed E-state index contributed by atoms with van der Waals surface area (Å²) in [5.41, 5.74) is 1.36. The summed E-state index contributed by atoms with van der Waals surface area (Å²) in [6.45, 7) is 4.83. The zero-order chi connectivity index (χ0) is 10.0. The summed E-state index contributed by atoms with van der Waals surface area (Å²) in [6.07, 6.45) is 5.37. The van der Waals surface area contributed by atoms with Crippen molar-refractivity contribution in [2.75, 3.05) is 19.6 Å². The highest BCUT2D eigenvalue weighted by atomic mass is 16.1. The summed E-state index contributed by atoms with van der Waals surface area (Å²) in [5.74, 6) is 0.139. The fraction of sp³-hybridized carbons (Fsp3) is 0.727. The minimum Gasteiger partial charge on any atom is -0.352 e. The average molecular weight is 194 g/mol. The van der Waals surface area contributed by atoms with Crippen LogP contribution in [0, 0.1) is 5.41 Å². The second-order valence-corrected chi connectivity index (χ2v) is 4.68. The number of nitrogens with one attached hydrogen (secondary N) is 2. The molecule has 0 aromatic carbocycles.